The molecule has 1 aliphatic heterocycles. The molecule has 4 rings (SSSR count). The summed E-state index contributed by atoms with van der Waals surface area (Å²) in [6.45, 7) is 7.82. The number of hydrogen-bond acceptors (Lipinski definition) is 1. The number of allylic oxidation sites excluding steroid dienone is 3. The van der Waals surface area contributed by atoms with Crippen LogP contribution < -0.4 is 0 Å². The monoisotopic (exact) mass is 450 g/mol. The van der Waals surface area contributed by atoms with E-state index in [1.807, 2.05) is 0 Å². The van der Waals surface area contributed by atoms with Crippen LogP contribution in [0.1, 0.15) is 64.2 Å². The van der Waals surface area contributed by atoms with Gasteiger partial charge in [0, 0.05) is 11.5 Å². The van der Waals surface area contributed by atoms with Gasteiger partial charge in [0.2, 0.25) is 0 Å². The van der Waals surface area contributed by atoms with Gasteiger partial charge in [-0.3, -0.25) is 4.90 Å². The van der Waals surface area contributed by atoms with Crippen LogP contribution in [-0.2, 0) is 21.7 Å². The molecule has 3 atom stereocenters. The summed E-state index contributed by atoms with van der Waals surface area (Å²) in [5.74, 6) is 0. The Labute approximate surface area is 199 Å². The van der Waals surface area contributed by atoms with E-state index in [9.17, 15) is 0 Å². The standard InChI is InChI=1S/C22H37N2Si.3CH3.Ti/c1-25(2,23-19-11-5-3-6-12-19)20-17-21(24-15-9-10-16-24)22(18-20)13-7-4-8-14-22;;;;/h4,7-8,13,19-21H,3,5-6,9-12,14-18H2,1-2H3;3*1H3;/q4*-1;+4. The summed E-state index contributed by atoms with van der Waals surface area (Å²) in [6, 6.07) is 1.47. The molecule has 4 heteroatoms. The Morgan fingerprint density at radius 1 is 0.931 bits per heavy atom. The minimum atomic E-state index is -1.52. The van der Waals surface area contributed by atoms with Crippen molar-refractivity contribution in [1.29, 1.82) is 0 Å². The van der Waals surface area contributed by atoms with Gasteiger partial charge in [0.1, 0.15) is 0 Å². The predicted octanol–water partition coefficient (Wildman–Crippen LogP) is 7.38. The van der Waals surface area contributed by atoms with Crippen molar-refractivity contribution in [2.75, 3.05) is 13.1 Å². The topological polar surface area (TPSA) is 17.3 Å². The third kappa shape index (κ3) is 6.42. The molecule has 0 amide bonds. The van der Waals surface area contributed by atoms with Crippen LogP contribution in [0.5, 0.6) is 0 Å². The van der Waals surface area contributed by atoms with Crippen molar-refractivity contribution < 1.29 is 21.7 Å². The molecule has 29 heavy (non-hydrogen) atoms. The van der Waals surface area contributed by atoms with E-state index in [4.69, 9.17) is 4.98 Å². The van der Waals surface area contributed by atoms with Gasteiger partial charge in [-0.1, -0.05) is 83.3 Å². The molecule has 0 bridgehead atoms. The first-order valence-corrected chi connectivity index (χ1v) is 13.9. The Kier molecular flexibility index (Phi) is 12.5. The SMILES string of the molecule is C[Si](C)([N-]C1CCCCC1)C1CC(N2CCCC2)C2(C=CC=CC2)C1.[CH3-].[CH3-].[CH3-].[Ti+4]. The van der Waals surface area contributed by atoms with Gasteiger partial charge in [-0.2, -0.15) is 0 Å². The molecular weight excluding hydrogens is 404 g/mol. The molecule has 0 aromatic rings. The van der Waals surface area contributed by atoms with Crippen LogP contribution >= 0.6 is 0 Å². The summed E-state index contributed by atoms with van der Waals surface area (Å²) in [7, 11) is -1.52. The summed E-state index contributed by atoms with van der Waals surface area (Å²) in [5, 5.41) is 0. The molecule has 2 nitrogen and oxygen atoms in total. The van der Waals surface area contributed by atoms with E-state index in [2.05, 4.69) is 42.3 Å². The largest absolute Gasteiger partial charge is 4.00 e. The fourth-order valence-electron chi connectivity index (χ4n) is 6.15. The van der Waals surface area contributed by atoms with Crippen LogP contribution in [0.3, 0.4) is 0 Å². The quantitative estimate of drug-likeness (QED) is 0.323. The van der Waals surface area contributed by atoms with Crippen LogP contribution in [-0.4, -0.2) is 38.3 Å². The third-order valence-electron chi connectivity index (χ3n) is 7.64. The average Bonchev–Trinajstić information content (AvgIpc) is 3.24. The van der Waals surface area contributed by atoms with Gasteiger partial charge in [0.15, 0.2) is 0 Å². The summed E-state index contributed by atoms with van der Waals surface area (Å²) in [6.07, 6.45) is 23.5. The number of nitrogens with zero attached hydrogens (tertiary/aromatic N) is 2. The fraction of sp³-hybridized carbons (Fsp3) is 0.720. The van der Waals surface area contributed by atoms with Gasteiger partial charge in [-0.25, -0.2) is 0 Å². The van der Waals surface area contributed by atoms with E-state index in [1.54, 1.807) is 0 Å². The van der Waals surface area contributed by atoms with Crippen molar-refractivity contribution in [2.24, 2.45) is 5.41 Å². The van der Waals surface area contributed by atoms with Crippen molar-refractivity contribution in [3.05, 3.63) is 51.6 Å². The van der Waals surface area contributed by atoms with E-state index in [1.165, 1.54) is 77.3 Å². The van der Waals surface area contributed by atoms with Gasteiger partial charge in [0.25, 0.3) is 0 Å². The summed E-state index contributed by atoms with van der Waals surface area (Å²) >= 11 is 0. The molecule has 0 aromatic carbocycles. The zero-order valence-corrected chi connectivity index (χ0v) is 22.5. The van der Waals surface area contributed by atoms with E-state index in [0.29, 0.717) is 11.5 Å². The van der Waals surface area contributed by atoms with Crippen molar-refractivity contribution in [2.45, 2.75) is 94.9 Å². The molecule has 164 valence electrons. The Hall–Kier alpha value is 0.331. The van der Waals surface area contributed by atoms with Gasteiger partial charge in [-0.15, -0.1) is 6.04 Å². The fourth-order valence-corrected chi connectivity index (χ4v) is 9.24. The Bertz CT molecular complexity index is 521. The first-order valence-electron chi connectivity index (χ1n) is 10.9. The van der Waals surface area contributed by atoms with Crippen molar-refractivity contribution in [3.8, 4) is 0 Å². The second kappa shape index (κ2) is 12.4. The van der Waals surface area contributed by atoms with Crippen molar-refractivity contribution in [3.63, 3.8) is 0 Å². The molecule has 0 radical (unpaired) electrons. The maximum Gasteiger partial charge on any atom is 4.00 e. The Morgan fingerprint density at radius 2 is 1.59 bits per heavy atom. The zero-order valence-electron chi connectivity index (χ0n) is 19.9. The number of hydrogen-bond donors (Lipinski definition) is 0. The summed E-state index contributed by atoms with van der Waals surface area (Å²) in [4.78, 5) is 8.41. The van der Waals surface area contributed by atoms with Crippen LogP contribution in [0.2, 0.25) is 18.6 Å². The van der Waals surface area contributed by atoms with Gasteiger partial charge in [0.05, 0.1) is 0 Å². The molecule has 0 aromatic heterocycles. The van der Waals surface area contributed by atoms with Crippen LogP contribution in [0.25, 0.3) is 4.98 Å². The molecule has 1 spiro atoms. The van der Waals surface area contributed by atoms with E-state index in [-0.39, 0.29) is 44.0 Å². The van der Waals surface area contributed by atoms with Crippen LogP contribution in [0.15, 0.2) is 24.3 Å². The number of likely N-dealkylation sites (tertiary alicyclic amines) is 1. The van der Waals surface area contributed by atoms with E-state index < -0.39 is 8.24 Å². The summed E-state index contributed by atoms with van der Waals surface area (Å²) in [5.41, 5.74) is 1.28. The molecule has 1 saturated heterocycles. The molecule has 0 N–H and O–H groups in total. The van der Waals surface area contributed by atoms with Crippen LogP contribution in [0.4, 0.5) is 0 Å². The number of rotatable bonds is 4. The third-order valence-corrected chi connectivity index (χ3v) is 11.1. The molecule has 3 unspecified atom stereocenters. The zero-order chi connectivity index (χ0) is 17.3. The maximum atomic E-state index is 5.57. The van der Waals surface area contributed by atoms with Gasteiger partial charge < -0.3 is 27.3 Å². The smallest absolute Gasteiger partial charge is 0.662 e. The molecular formula is C25H46N2SiTi. The Balaban J connectivity index is 0.00000196. The van der Waals surface area contributed by atoms with Gasteiger partial charge in [-0.05, 0) is 45.2 Å². The summed E-state index contributed by atoms with van der Waals surface area (Å²) < 4.78 is 0. The van der Waals surface area contributed by atoms with E-state index in [0.717, 1.165) is 11.6 Å². The van der Waals surface area contributed by atoms with Crippen molar-refractivity contribution >= 4 is 8.24 Å². The Morgan fingerprint density at radius 3 is 2.17 bits per heavy atom. The van der Waals surface area contributed by atoms with Gasteiger partial charge >= 0.3 is 21.7 Å². The first-order chi connectivity index (χ1) is 12.1. The van der Waals surface area contributed by atoms with Crippen LogP contribution in [0, 0.1) is 27.7 Å². The minimum Gasteiger partial charge on any atom is -0.662 e. The molecule has 3 aliphatic carbocycles. The van der Waals surface area contributed by atoms with E-state index >= 15 is 0 Å². The normalized spacial score (nSPS) is 32.2. The predicted molar refractivity (Wildman–Crippen MR) is 130 cm³/mol. The second-order valence-corrected chi connectivity index (χ2v) is 14.1. The van der Waals surface area contributed by atoms with Crippen molar-refractivity contribution in [1.82, 2.24) is 4.90 Å². The molecule has 4 aliphatic rings. The minimum absolute atomic E-state index is 0. The first kappa shape index (κ1) is 29.3. The molecule has 2 saturated carbocycles. The average molecular weight is 451 g/mol. The maximum absolute atomic E-state index is 5.57. The molecule has 3 fully saturated rings. The molecule has 1 heterocycles. The second-order valence-electron chi connectivity index (χ2n) is 9.69.